The monoisotopic (exact) mass is 807 g/mol. The first kappa shape index (κ1) is 55.4. The number of rotatable bonds is 44. The molecule has 0 fully saturated rings. The van der Waals surface area contributed by atoms with Crippen LogP contribution in [0.3, 0.4) is 0 Å². The molecule has 0 aliphatic heterocycles. The molecule has 0 spiro atoms. The van der Waals surface area contributed by atoms with Gasteiger partial charge in [0.15, 0.2) is 6.10 Å². The maximum absolute atomic E-state index is 12.7. The average Bonchev–Trinajstić information content (AvgIpc) is 3.16. The van der Waals surface area contributed by atoms with Gasteiger partial charge in [-0.2, -0.15) is 0 Å². The van der Waals surface area contributed by atoms with Crippen molar-refractivity contribution in [2.75, 3.05) is 13.2 Å². The van der Waals surface area contributed by atoms with Crippen LogP contribution in [0.15, 0.2) is 0 Å². The molecule has 338 valence electrons. The van der Waals surface area contributed by atoms with Gasteiger partial charge >= 0.3 is 17.9 Å². The lowest BCUT2D eigenvalue weighted by atomic mass is 10.0. The van der Waals surface area contributed by atoms with Crippen LogP contribution >= 0.6 is 0 Å². The van der Waals surface area contributed by atoms with Gasteiger partial charge in [0.05, 0.1) is 0 Å². The smallest absolute Gasteiger partial charge is 0.306 e. The third-order valence-electron chi connectivity index (χ3n) is 11.4. The van der Waals surface area contributed by atoms with Crippen LogP contribution in [-0.2, 0) is 28.6 Å². The summed E-state index contributed by atoms with van der Waals surface area (Å²) >= 11 is 0. The van der Waals surface area contributed by atoms with Crippen LogP contribution in [0.4, 0.5) is 0 Å². The van der Waals surface area contributed by atoms with Gasteiger partial charge in [-0.3, -0.25) is 14.4 Å². The summed E-state index contributed by atoms with van der Waals surface area (Å²) in [5.74, 6) is 1.52. The Hall–Kier alpha value is -1.59. The predicted molar refractivity (Wildman–Crippen MR) is 243 cm³/mol. The number of carbonyl (C=O) groups excluding carboxylic acids is 3. The van der Waals surface area contributed by atoms with Crippen LogP contribution in [0.1, 0.15) is 273 Å². The Labute approximate surface area is 355 Å². The highest BCUT2D eigenvalue weighted by atomic mass is 16.6. The summed E-state index contributed by atoms with van der Waals surface area (Å²) in [5.41, 5.74) is 0. The van der Waals surface area contributed by atoms with Crippen LogP contribution in [0.2, 0.25) is 0 Å². The molecule has 0 saturated heterocycles. The predicted octanol–water partition coefficient (Wildman–Crippen LogP) is 16.0. The number of esters is 3. The highest BCUT2D eigenvalue weighted by Gasteiger charge is 2.19. The number of hydrogen-bond donors (Lipinski definition) is 0. The first-order valence-corrected chi connectivity index (χ1v) is 25.1. The fraction of sp³-hybridized carbons (Fsp3) is 0.941. The fourth-order valence-corrected chi connectivity index (χ4v) is 7.59. The van der Waals surface area contributed by atoms with E-state index < -0.39 is 6.10 Å². The molecule has 6 nitrogen and oxygen atoms in total. The molecule has 0 heterocycles. The van der Waals surface area contributed by atoms with Crippen molar-refractivity contribution in [3.8, 4) is 0 Å². The molecule has 0 bridgehead atoms. The maximum Gasteiger partial charge on any atom is 0.306 e. The normalized spacial score (nSPS) is 12.2. The number of unbranched alkanes of at least 4 members (excludes halogenated alkanes) is 27. The summed E-state index contributed by atoms with van der Waals surface area (Å²) in [4.78, 5) is 37.7. The van der Waals surface area contributed by atoms with E-state index in [4.69, 9.17) is 14.2 Å². The van der Waals surface area contributed by atoms with Crippen LogP contribution < -0.4 is 0 Å². The maximum atomic E-state index is 12.7. The summed E-state index contributed by atoms with van der Waals surface area (Å²) < 4.78 is 16.7. The summed E-state index contributed by atoms with van der Waals surface area (Å²) in [6.07, 6.45) is 41.3. The molecule has 6 heteroatoms. The van der Waals surface area contributed by atoms with E-state index in [9.17, 15) is 14.4 Å². The number of hydrogen-bond acceptors (Lipinski definition) is 6. The van der Waals surface area contributed by atoms with Gasteiger partial charge < -0.3 is 14.2 Å². The third-order valence-corrected chi connectivity index (χ3v) is 11.4. The molecule has 0 aromatic heterocycles. The molecular formula is C51H98O6. The molecule has 0 unspecified atom stereocenters. The zero-order valence-electron chi connectivity index (χ0n) is 39.1. The Bertz CT molecular complexity index is 883. The van der Waals surface area contributed by atoms with Crippen molar-refractivity contribution in [1.82, 2.24) is 0 Å². The van der Waals surface area contributed by atoms with Gasteiger partial charge in [0.1, 0.15) is 13.2 Å². The Morgan fingerprint density at radius 3 is 0.754 bits per heavy atom. The molecule has 0 saturated carbocycles. The molecule has 0 aliphatic rings. The summed E-state index contributed by atoms with van der Waals surface area (Å²) in [6, 6.07) is 0. The Balaban J connectivity index is 4.13. The second-order valence-corrected chi connectivity index (χ2v) is 18.9. The first-order valence-electron chi connectivity index (χ1n) is 25.1. The minimum atomic E-state index is -0.762. The van der Waals surface area contributed by atoms with Crippen molar-refractivity contribution in [3.05, 3.63) is 0 Å². The minimum Gasteiger partial charge on any atom is -0.462 e. The van der Waals surface area contributed by atoms with Crippen molar-refractivity contribution >= 4 is 17.9 Å². The largest absolute Gasteiger partial charge is 0.462 e. The summed E-state index contributed by atoms with van der Waals surface area (Å²) in [7, 11) is 0. The number of ether oxygens (including phenoxy) is 3. The number of carbonyl (C=O) groups is 3. The lowest BCUT2D eigenvalue weighted by Gasteiger charge is -2.18. The SMILES string of the molecule is CC(C)CCCCCCCCCCCCCCCCCCCCC(=O)OC[C@@H](COC(=O)CCCCCCCCC(C)C)OC(=O)CCCCCCCCC(C)C. The van der Waals surface area contributed by atoms with Crippen LogP contribution in [0, 0.1) is 17.8 Å². The quantitative estimate of drug-likeness (QED) is 0.0347. The van der Waals surface area contributed by atoms with Crippen molar-refractivity contribution in [3.63, 3.8) is 0 Å². The Morgan fingerprint density at radius 2 is 0.509 bits per heavy atom. The van der Waals surface area contributed by atoms with Crippen LogP contribution in [-0.4, -0.2) is 37.2 Å². The van der Waals surface area contributed by atoms with Gasteiger partial charge in [0, 0.05) is 19.3 Å². The van der Waals surface area contributed by atoms with Crippen molar-refractivity contribution in [2.45, 2.75) is 279 Å². The van der Waals surface area contributed by atoms with E-state index in [0.29, 0.717) is 19.3 Å². The van der Waals surface area contributed by atoms with E-state index in [-0.39, 0.29) is 31.1 Å². The van der Waals surface area contributed by atoms with E-state index in [1.165, 1.54) is 154 Å². The van der Waals surface area contributed by atoms with E-state index in [0.717, 1.165) is 75.5 Å². The van der Waals surface area contributed by atoms with Gasteiger partial charge in [-0.1, -0.05) is 234 Å². The molecule has 57 heavy (non-hydrogen) atoms. The standard InChI is InChI=1S/C51H98O6/c1-45(2)37-31-25-19-17-15-13-11-9-7-8-10-12-14-16-18-20-28-34-40-49(52)55-43-48(57-51(54)42-36-30-24-22-27-33-39-47(5)6)44-56-50(53)41-35-29-23-21-26-32-38-46(3)4/h45-48H,7-44H2,1-6H3/t48-/m0/s1. The lowest BCUT2D eigenvalue weighted by Crippen LogP contribution is -2.30. The molecule has 0 N–H and O–H groups in total. The highest BCUT2D eigenvalue weighted by molar-refractivity contribution is 5.71. The van der Waals surface area contributed by atoms with E-state index in [1.807, 2.05) is 0 Å². The molecule has 0 radical (unpaired) electrons. The Morgan fingerprint density at radius 1 is 0.298 bits per heavy atom. The van der Waals surface area contributed by atoms with E-state index in [1.54, 1.807) is 0 Å². The highest BCUT2D eigenvalue weighted by Crippen LogP contribution is 2.17. The summed E-state index contributed by atoms with van der Waals surface area (Å²) in [6.45, 7) is 13.6. The lowest BCUT2D eigenvalue weighted by molar-refractivity contribution is -0.167. The van der Waals surface area contributed by atoms with Crippen LogP contribution in [0.25, 0.3) is 0 Å². The summed E-state index contributed by atoms with van der Waals surface area (Å²) in [5, 5.41) is 0. The average molecular weight is 807 g/mol. The molecular weight excluding hydrogens is 709 g/mol. The van der Waals surface area contributed by atoms with Gasteiger partial charge in [-0.25, -0.2) is 0 Å². The first-order chi connectivity index (χ1) is 27.6. The van der Waals surface area contributed by atoms with Gasteiger partial charge in [0.25, 0.3) is 0 Å². The molecule has 0 aromatic carbocycles. The molecule has 0 rings (SSSR count). The van der Waals surface area contributed by atoms with Crippen molar-refractivity contribution in [1.29, 1.82) is 0 Å². The van der Waals surface area contributed by atoms with Crippen LogP contribution in [0.5, 0.6) is 0 Å². The van der Waals surface area contributed by atoms with E-state index in [2.05, 4.69) is 41.5 Å². The zero-order valence-corrected chi connectivity index (χ0v) is 39.1. The van der Waals surface area contributed by atoms with Gasteiger partial charge in [-0.15, -0.1) is 0 Å². The van der Waals surface area contributed by atoms with Gasteiger partial charge in [-0.05, 0) is 37.0 Å². The zero-order chi connectivity index (χ0) is 42.0. The minimum absolute atomic E-state index is 0.0667. The third kappa shape index (κ3) is 45.3. The Kier molecular flexibility index (Phi) is 41.3. The van der Waals surface area contributed by atoms with Gasteiger partial charge in [0.2, 0.25) is 0 Å². The molecule has 0 aliphatic carbocycles. The fourth-order valence-electron chi connectivity index (χ4n) is 7.59. The molecule has 0 aromatic rings. The second kappa shape index (κ2) is 42.5. The molecule has 1 atom stereocenters. The van der Waals surface area contributed by atoms with Crippen molar-refractivity contribution < 1.29 is 28.6 Å². The molecule has 0 amide bonds. The topological polar surface area (TPSA) is 78.9 Å². The second-order valence-electron chi connectivity index (χ2n) is 18.9. The van der Waals surface area contributed by atoms with E-state index >= 15 is 0 Å². The van der Waals surface area contributed by atoms with Crippen molar-refractivity contribution in [2.24, 2.45) is 17.8 Å².